The molecule has 0 saturated carbocycles. The largest absolute Gasteiger partial charge is 0.368 e. The number of nitrogens with two attached hydrogens (primary N) is 1. The molecule has 1 fully saturated rings. The topological polar surface area (TPSA) is 70.3 Å². The average molecular weight is 475 g/mol. The van der Waals surface area contributed by atoms with Gasteiger partial charge in [-0.05, 0) is 35.9 Å². The number of nitrogens with zero attached hydrogens (tertiary/aromatic N) is 4. The SMILES string of the molecule is Nc1nc(N(Br)c2ccccc2)c2cc(-c3ccccc3N3CCNCC3)ccc2n1. The first kappa shape index (κ1) is 19.8. The first-order chi connectivity index (χ1) is 15.2. The number of para-hydroxylation sites is 2. The van der Waals surface area contributed by atoms with E-state index in [1.54, 1.807) is 0 Å². The number of hydrogen-bond acceptors (Lipinski definition) is 6. The van der Waals surface area contributed by atoms with Crippen LogP contribution in [-0.2, 0) is 0 Å². The van der Waals surface area contributed by atoms with Gasteiger partial charge in [0.1, 0.15) is 0 Å². The molecular weight excluding hydrogens is 452 g/mol. The molecule has 3 N–H and O–H groups in total. The second kappa shape index (κ2) is 8.53. The van der Waals surface area contributed by atoms with Crippen molar-refractivity contribution in [1.82, 2.24) is 15.3 Å². The third-order valence-corrected chi connectivity index (χ3v) is 6.28. The minimum absolute atomic E-state index is 0.247. The summed E-state index contributed by atoms with van der Waals surface area (Å²) in [6.45, 7) is 4.00. The molecule has 2 heterocycles. The van der Waals surface area contributed by atoms with Crippen molar-refractivity contribution in [3.63, 3.8) is 0 Å². The molecule has 0 amide bonds. The quantitative estimate of drug-likeness (QED) is 0.416. The third-order valence-electron chi connectivity index (χ3n) is 5.53. The van der Waals surface area contributed by atoms with Crippen molar-refractivity contribution < 1.29 is 0 Å². The molecule has 1 aliphatic rings. The van der Waals surface area contributed by atoms with Crippen LogP contribution in [0, 0.1) is 0 Å². The third kappa shape index (κ3) is 3.94. The fourth-order valence-electron chi connectivity index (χ4n) is 4.03. The Labute approximate surface area is 190 Å². The Bertz CT molecular complexity index is 1210. The lowest BCUT2D eigenvalue weighted by atomic mass is 10.0. The van der Waals surface area contributed by atoms with Gasteiger partial charge in [-0.3, -0.25) is 3.93 Å². The van der Waals surface area contributed by atoms with Gasteiger partial charge < -0.3 is 16.0 Å². The van der Waals surface area contributed by atoms with Crippen LogP contribution in [0.25, 0.3) is 22.0 Å². The summed E-state index contributed by atoms with van der Waals surface area (Å²) < 4.78 is 1.87. The Morgan fingerprint density at radius 2 is 1.65 bits per heavy atom. The molecule has 1 aliphatic heterocycles. The second-order valence-electron chi connectivity index (χ2n) is 7.51. The maximum atomic E-state index is 6.03. The van der Waals surface area contributed by atoms with Gasteiger partial charge in [0.2, 0.25) is 5.95 Å². The second-order valence-corrected chi connectivity index (χ2v) is 8.22. The number of anilines is 4. The van der Waals surface area contributed by atoms with Crippen LogP contribution in [-0.4, -0.2) is 36.1 Å². The number of nitrogen functional groups attached to an aromatic ring is 1. The van der Waals surface area contributed by atoms with Gasteiger partial charge in [0.25, 0.3) is 0 Å². The predicted molar refractivity (Wildman–Crippen MR) is 132 cm³/mol. The summed E-state index contributed by atoms with van der Waals surface area (Å²) in [6, 6.07) is 24.9. The molecule has 1 saturated heterocycles. The maximum absolute atomic E-state index is 6.03. The van der Waals surface area contributed by atoms with E-state index in [0.717, 1.165) is 54.2 Å². The molecule has 6 nitrogen and oxygen atoms in total. The highest BCUT2D eigenvalue weighted by molar-refractivity contribution is 9.10. The minimum Gasteiger partial charge on any atom is -0.368 e. The summed E-state index contributed by atoms with van der Waals surface area (Å²) in [5.41, 5.74) is 11.4. The van der Waals surface area contributed by atoms with E-state index in [9.17, 15) is 0 Å². The Morgan fingerprint density at radius 3 is 2.45 bits per heavy atom. The van der Waals surface area contributed by atoms with Gasteiger partial charge in [-0.1, -0.05) is 42.5 Å². The van der Waals surface area contributed by atoms with Gasteiger partial charge in [0, 0.05) is 42.8 Å². The van der Waals surface area contributed by atoms with E-state index < -0.39 is 0 Å². The first-order valence-electron chi connectivity index (χ1n) is 10.3. The molecule has 4 aromatic rings. The molecular formula is C24H23BrN6. The smallest absolute Gasteiger partial charge is 0.222 e. The van der Waals surface area contributed by atoms with Crippen molar-refractivity contribution in [2.24, 2.45) is 0 Å². The van der Waals surface area contributed by atoms with E-state index in [-0.39, 0.29) is 5.95 Å². The van der Waals surface area contributed by atoms with Gasteiger partial charge in [-0.2, -0.15) is 4.98 Å². The summed E-state index contributed by atoms with van der Waals surface area (Å²) in [5, 5.41) is 4.36. The number of benzene rings is 3. The molecule has 5 rings (SSSR count). The molecule has 31 heavy (non-hydrogen) atoms. The van der Waals surface area contributed by atoms with E-state index in [1.165, 1.54) is 11.3 Å². The zero-order valence-corrected chi connectivity index (χ0v) is 18.6. The van der Waals surface area contributed by atoms with Crippen LogP contribution in [0.5, 0.6) is 0 Å². The number of rotatable bonds is 4. The Morgan fingerprint density at radius 1 is 0.903 bits per heavy atom. The molecule has 0 bridgehead atoms. The first-order valence-corrected chi connectivity index (χ1v) is 11.0. The van der Waals surface area contributed by atoms with Crippen LogP contribution in [0.15, 0.2) is 72.8 Å². The Kier molecular flexibility index (Phi) is 5.44. The lowest BCUT2D eigenvalue weighted by Crippen LogP contribution is -2.43. The Hall–Kier alpha value is -3.16. The van der Waals surface area contributed by atoms with Gasteiger partial charge in [-0.15, -0.1) is 0 Å². The fourth-order valence-corrected chi connectivity index (χ4v) is 4.53. The molecule has 0 radical (unpaired) electrons. The molecule has 0 atom stereocenters. The summed E-state index contributed by atoms with van der Waals surface area (Å²) in [7, 11) is 0. The number of nitrogens with one attached hydrogen (secondary N) is 1. The molecule has 0 spiro atoms. The standard InChI is InChI=1S/C24H23BrN6/c25-31(18-6-2-1-3-7-18)23-20-16-17(10-11-21(20)28-24(26)29-23)19-8-4-5-9-22(19)30-14-12-27-13-15-30/h1-11,16,27H,12-15H2,(H2,26,28,29). The van der Waals surface area contributed by atoms with Gasteiger partial charge in [-0.25, -0.2) is 4.98 Å². The van der Waals surface area contributed by atoms with E-state index in [2.05, 4.69) is 72.7 Å². The van der Waals surface area contributed by atoms with Crippen molar-refractivity contribution in [3.05, 3.63) is 72.8 Å². The number of piperazine rings is 1. The number of aromatic nitrogens is 2. The molecule has 0 aliphatic carbocycles. The van der Waals surface area contributed by atoms with E-state index in [4.69, 9.17) is 5.73 Å². The highest BCUT2D eigenvalue weighted by Crippen LogP contribution is 2.37. The van der Waals surface area contributed by atoms with Crippen LogP contribution >= 0.6 is 16.1 Å². The van der Waals surface area contributed by atoms with Crippen molar-refractivity contribution >= 4 is 50.2 Å². The molecule has 7 heteroatoms. The van der Waals surface area contributed by atoms with E-state index in [1.807, 2.05) is 40.3 Å². The van der Waals surface area contributed by atoms with Crippen LogP contribution in [0.2, 0.25) is 0 Å². The van der Waals surface area contributed by atoms with Crippen LogP contribution in [0.3, 0.4) is 0 Å². The van der Waals surface area contributed by atoms with Gasteiger partial charge >= 0.3 is 0 Å². The maximum Gasteiger partial charge on any atom is 0.222 e. The number of halogens is 1. The summed E-state index contributed by atoms with van der Waals surface area (Å²) in [4.78, 5) is 11.5. The molecule has 3 aromatic carbocycles. The van der Waals surface area contributed by atoms with Crippen LogP contribution < -0.4 is 19.9 Å². The van der Waals surface area contributed by atoms with Crippen molar-refractivity contribution in [2.45, 2.75) is 0 Å². The summed E-state index contributed by atoms with van der Waals surface area (Å²) >= 11 is 3.68. The van der Waals surface area contributed by atoms with Crippen molar-refractivity contribution in [1.29, 1.82) is 0 Å². The van der Waals surface area contributed by atoms with Gasteiger partial charge in [0.05, 0.1) is 27.4 Å². The highest BCUT2D eigenvalue weighted by Gasteiger charge is 2.18. The van der Waals surface area contributed by atoms with Crippen molar-refractivity contribution in [3.8, 4) is 11.1 Å². The lowest BCUT2D eigenvalue weighted by Gasteiger charge is -2.31. The van der Waals surface area contributed by atoms with Crippen LogP contribution in [0.1, 0.15) is 0 Å². The lowest BCUT2D eigenvalue weighted by molar-refractivity contribution is 0.589. The highest BCUT2D eigenvalue weighted by atomic mass is 79.9. The minimum atomic E-state index is 0.247. The van der Waals surface area contributed by atoms with Gasteiger partial charge in [0.15, 0.2) is 5.82 Å². The number of hydrogen-bond donors (Lipinski definition) is 2. The monoisotopic (exact) mass is 474 g/mol. The number of fused-ring (bicyclic) bond motifs is 1. The summed E-state index contributed by atoms with van der Waals surface area (Å²) in [5.74, 6) is 0.965. The Balaban J connectivity index is 1.64. The average Bonchev–Trinajstić information content (AvgIpc) is 2.84. The van der Waals surface area contributed by atoms with E-state index in [0.29, 0.717) is 0 Å². The van der Waals surface area contributed by atoms with E-state index >= 15 is 0 Å². The zero-order chi connectivity index (χ0) is 21.2. The molecule has 156 valence electrons. The zero-order valence-electron chi connectivity index (χ0n) is 17.0. The normalized spacial score (nSPS) is 14.0. The molecule has 1 aromatic heterocycles. The fraction of sp³-hybridized carbons (Fsp3) is 0.167. The van der Waals surface area contributed by atoms with Crippen LogP contribution in [0.4, 0.5) is 23.1 Å². The van der Waals surface area contributed by atoms with Crippen molar-refractivity contribution in [2.75, 3.05) is 40.7 Å². The summed E-state index contributed by atoms with van der Waals surface area (Å²) in [6.07, 6.45) is 0. The predicted octanol–water partition coefficient (Wildman–Crippen LogP) is 4.74. The molecule has 0 unspecified atom stereocenters.